The highest BCUT2D eigenvalue weighted by Crippen LogP contribution is 2.28. The molecule has 0 bridgehead atoms. The summed E-state index contributed by atoms with van der Waals surface area (Å²) >= 11 is 3.54. The van der Waals surface area contributed by atoms with Gasteiger partial charge in [-0.3, -0.25) is 0 Å². The van der Waals surface area contributed by atoms with Gasteiger partial charge in [0.05, 0.1) is 6.61 Å². The standard InChI is InChI=1S/C12H15BrO2/c1-8-6-10(7-9(2)12(8)13)15-11-4-3-5-14-11/h6-7,11H,3-5H2,1-2H3. The highest BCUT2D eigenvalue weighted by atomic mass is 79.9. The fraction of sp³-hybridized carbons (Fsp3) is 0.500. The maximum Gasteiger partial charge on any atom is 0.199 e. The summed E-state index contributed by atoms with van der Waals surface area (Å²) in [5.41, 5.74) is 2.39. The van der Waals surface area contributed by atoms with Gasteiger partial charge in [0, 0.05) is 10.9 Å². The van der Waals surface area contributed by atoms with Crippen LogP contribution in [0.1, 0.15) is 24.0 Å². The number of halogens is 1. The zero-order chi connectivity index (χ0) is 10.8. The maximum absolute atomic E-state index is 5.75. The lowest BCUT2D eigenvalue weighted by molar-refractivity contribution is -0.0390. The minimum atomic E-state index is -0.0509. The molecule has 1 fully saturated rings. The molecule has 3 heteroatoms. The Morgan fingerprint density at radius 3 is 2.53 bits per heavy atom. The van der Waals surface area contributed by atoms with Crippen LogP contribution in [0.3, 0.4) is 0 Å². The largest absolute Gasteiger partial charge is 0.465 e. The molecule has 1 heterocycles. The van der Waals surface area contributed by atoms with Crippen LogP contribution in [0.15, 0.2) is 16.6 Å². The van der Waals surface area contributed by atoms with Crippen molar-refractivity contribution in [2.24, 2.45) is 0 Å². The van der Waals surface area contributed by atoms with E-state index in [1.165, 1.54) is 11.1 Å². The first-order valence-electron chi connectivity index (χ1n) is 5.22. The summed E-state index contributed by atoms with van der Waals surface area (Å²) in [5.74, 6) is 0.903. The van der Waals surface area contributed by atoms with Gasteiger partial charge in [-0.25, -0.2) is 0 Å². The van der Waals surface area contributed by atoms with Crippen LogP contribution in [0.2, 0.25) is 0 Å². The lowest BCUT2D eigenvalue weighted by atomic mass is 10.1. The molecule has 1 aliphatic rings. The lowest BCUT2D eigenvalue weighted by Gasteiger charge is -2.14. The third-order valence-electron chi connectivity index (χ3n) is 2.57. The van der Waals surface area contributed by atoms with E-state index in [0.29, 0.717) is 0 Å². The van der Waals surface area contributed by atoms with Crippen LogP contribution in [0.5, 0.6) is 5.75 Å². The summed E-state index contributed by atoms with van der Waals surface area (Å²) in [5, 5.41) is 0. The van der Waals surface area contributed by atoms with Crippen LogP contribution in [-0.2, 0) is 4.74 Å². The van der Waals surface area contributed by atoms with Crippen LogP contribution in [0.25, 0.3) is 0 Å². The summed E-state index contributed by atoms with van der Waals surface area (Å²) < 4.78 is 12.3. The first-order valence-corrected chi connectivity index (χ1v) is 6.01. The van der Waals surface area contributed by atoms with E-state index in [9.17, 15) is 0 Å². The van der Waals surface area contributed by atoms with E-state index in [1.54, 1.807) is 0 Å². The average Bonchev–Trinajstić information content (AvgIpc) is 2.66. The molecule has 0 radical (unpaired) electrons. The second kappa shape index (κ2) is 4.54. The minimum Gasteiger partial charge on any atom is -0.465 e. The van der Waals surface area contributed by atoms with Crippen LogP contribution < -0.4 is 4.74 Å². The topological polar surface area (TPSA) is 18.5 Å². The van der Waals surface area contributed by atoms with Crippen molar-refractivity contribution in [2.45, 2.75) is 33.0 Å². The summed E-state index contributed by atoms with van der Waals surface area (Å²) in [6.45, 7) is 4.96. The van der Waals surface area contributed by atoms with Crippen molar-refractivity contribution in [3.8, 4) is 5.75 Å². The highest BCUT2D eigenvalue weighted by molar-refractivity contribution is 9.10. The first kappa shape index (κ1) is 11.0. The molecule has 0 aliphatic carbocycles. The number of hydrogen-bond acceptors (Lipinski definition) is 2. The highest BCUT2D eigenvalue weighted by Gasteiger charge is 2.17. The third kappa shape index (κ3) is 2.52. The van der Waals surface area contributed by atoms with Gasteiger partial charge in [-0.05, 0) is 43.5 Å². The fourth-order valence-corrected chi connectivity index (χ4v) is 2.00. The number of aryl methyl sites for hydroxylation is 2. The van der Waals surface area contributed by atoms with Gasteiger partial charge in [0.25, 0.3) is 0 Å². The van der Waals surface area contributed by atoms with Crippen molar-refractivity contribution in [3.63, 3.8) is 0 Å². The third-order valence-corrected chi connectivity index (χ3v) is 3.82. The first-order chi connectivity index (χ1) is 7.16. The van der Waals surface area contributed by atoms with Crippen LogP contribution in [0.4, 0.5) is 0 Å². The maximum atomic E-state index is 5.75. The SMILES string of the molecule is Cc1cc(OC2CCCO2)cc(C)c1Br. The van der Waals surface area contributed by atoms with Crippen LogP contribution >= 0.6 is 15.9 Å². The van der Waals surface area contributed by atoms with E-state index in [-0.39, 0.29) is 6.29 Å². The van der Waals surface area contributed by atoms with Crippen molar-refractivity contribution in [2.75, 3.05) is 6.61 Å². The molecule has 1 saturated heterocycles. The monoisotopic (exact) mass is 270 g/mol. The minimum absolute atomic E-state index is 0.0509. The number of hydrogen-bond donors (Lipinski definition) is 0. The number of benzene rings is 1. The molecule has 0 aromatic heterocycles. The van der Waals surface area contributed by atoms with Gasteiger partial charge in [-0.15, -0.1) is 0 Å². The van der Waals surface area contributed by atoms with Crippen LogP contribution in [-0.4, -0.2) is 12.9 Å². The second-order valence-electron chi connectivity index (χ2n) is 3.93. The normalized spacial score (nSPS) is 20.6. The lowest BCUT2D eigenvalue weighted by Crippen LogP contribution is -2.14. The molecular formula is C12H15BrO2. The van der Waals surface area contributed by atoms with E-state index >= 15 is 0 Å². The predicted octanol–water partition coefficient (Wildman–Crippen LogP) is 3.58. The Morgan fingerprint density at radius 2 is 2.00 bits per heavy atom. The fourth-order valence-electron chi connectivity index (χ4n) is 1.77. The van der Waals surface area contributed by atoms with Gasteiger partial charge in [0.15, 0.2) is 6.29 Å². The Bertz CT molecular complexity index is 334. The molecule has 1 aromatic carbocycles. The van der Waals surface area contributed by atoms with E-state index in [0.717, 1.165) is 29.7 Å². The summed E-state index contributed by atoms with van der Waals surface area (Å²) in [7, 11) is 0. The Labute approximate surface area is 98.7 Å². The van der Waals surface area contributed by atoms with Crippen molar-refractivity contribution >= 4 is 15.9 Å². The average molecular weight is 271 g/mol. The number of ether oxygens (including phenoxy) is 2. The molecule has 15 heavy (non-hydrogen) atoms. The number of rotatable bonds is 2. The molecule has 0 amide bonds. The molecule has 82 valence electrons. The van der Waals surface area contributed by atoms with Gasteiger partial charge in [-0.1, -0.05) is 15.9 Å². The summed E-state index contributed by atoms with van der Waals surface area (Å²) in [6, 6.07) is 4.08. The van der Waals surface area contributed by atoms with E-state index < -0.39 is 0 Å². The van der Waals surface area contributed by atoms with Crippen molar-refractivity contribution < 1.29 is 9.47 Å². The molecule has 2 rings (SSSR count). The predicted molar refractivity (Wildman–Crippen MR) is 63.2 cm³/mol. The van der Waals surface area contributed by atoms with Gasteiger partial charge in [0.2, 0.25) is 0 Å². The van der Waals surface area contributed by atoms with Crippen molar-refractivity contribution in [3.05, 3.63) is 27.7 Å². The Kier molecular flexibility index (Phi) is 3.32. The zero-order valence-electron chi connectivity index (χ0n) is 9.05. The van der Waals surface area contributed by atoms with Gasteiger partial charge in [0.1, 0.15) is 5.75 Å². The molecule has 2 nitrogen and oxygen atoms in total. The quantitative estimate of drug-likeness (QED) is 0.818. The van der Waals surface area contributed by atoms with E-state index in [4.69, 9.17) is 9.47 Å². The Morgan fingerprint density at radius 1 is 1.33 bits per heavy atom. The molecule has 1 aromatic rings. The molecule has 0 N–H and O–H groups in total. The Balaban J connectivity index is 2.14. The van der Waals surface area contributed by atoms with Crippen LogP contribution in [0, 0.1) is 13.8 Å². The molecule has 1 atom stereocenters. The second-order valence-corrected chi connectivity index (χ2v) is 4.72. The molecule has 1 aliphatic heterocycles. The van der Waals surface area contributed by atoms with Gasteiger partial charge in [-0.2, -0.15) is 0 Å². The summed E-state index contributed by atoms with van der Waals surface area (Å²) in [4.78, 5) is 0. The van der Waals surface area contributed by atoms with Crippen molar-refractivity contribution in [1.29, 1.82) is 0 Å². The van der Waals surface area contributed by atoms with Gasteiger partial charge < -0.3 is 9.47 Å². The summed E-state index contributed by atoms with van der Waals surface area (Å²) in [6.07, 6.45) is 2.04. The smallest absolute Gasteiger partial charge is 0.199 e. The Hall–Kier alpha value is -0.540. The van der Waals surface area contributed by atoms with E-state index in [2.05, 4.69) is 29.8 Å². The molecule has 0 saturated carbocycles. The molecular weight excluding hydrogens is 256 g/mol. The van der Waals surface area contributed by atoms with Gasteiger partial charge >= 0.3 is 0 Å². The van der Waals surface area contributed by atoms with E-state index in [1.807, 2.05) is 12.1 Å². The van der Waals surface area contributed by atoms with Crippen molar-refractivity contribution in [1.82, 2.24) is 0 Å². The molecule has 0 spiro atoms. The molecule has 1 unspecified atom stereocenters. The zero-order valence-corrected chi connectivity index (χ0v) is 10.6.